The smallest absolute Gasteiger partial charge is 0.268 e. The highest BCUT2D eigenvalue weighted by molar-refractivity contribution is 7.18. The van der Waals surface area contributed by atoms with E-state index in [-0.39, 0.29) is 24.4 Å². The minimum atomic E-state index is -0.142. The molecule has 1 aliphatic rings. The Morgan fingerprint density at radius 3 is 3.20 bits per heavy atom. The third kappa shape index (κ3) is 3.20. The fraction of sp³-hybridized carbons (Fsp3) is 0.667. The molecule has 1 saturated heterocycles. The number of hydrogen-bond acceptors (Lipinski definition) is 7. The minimum absolute atomic E-state index is 0.0105. The molecule has 0 aliphatic carbocycles. The molecule has 7 nitrogen and oxygen atoms in total. The maximum atomic E-state index is 12.4. The Morgan fingerprint density at radius 2 is 2.50 bits per heavy atom. The number of carbonyl (C=O) groups is 1. The molecule has 0 aromatic carbocycles. The van der Waals surface area contributed by atoms with Crippen LogP contribution < -0.4 is 11.1 Å². The second-order valence-corrected chi connectivity index (χ2v) is 5.63. The van der Waals surface area contributed by atoms with Crippen LogP contribution in [-0.2, 0) is 4.74 Å². The molecule has 1 aromatic rings. The summed E-state index contributed by atoms with van der Waals surface area (Å²) >= 11 is 1.24. The Kier molecular flexibility index (Phi) is 5.16. The van der Waals surface area contributed by atoms with Crippen molar-refractivity contribution in [2.24, 2.45) is 0 Å². The van der Waals surface area contributed by atoms with E-state index in [1.54, 1.807) is 12.0 Å². The summed E-state index contributed by atoms with van der Waals surface area (Å²) in [6.45, 7) is 1.82. The number of rotatable bonds is 6. The minimum Gasteiger partial charge on any atom is -0.394 e. The molecule has 1 aromatic heterocycles. The number of aromatic nitrogens is 1. The number of aliphatic hydroxyl groups excluding tert-OH is 1. The Morgan fingerprint density at radius 1 is 1.70 bits per heavy atom. The standard InChI is InChI=1S/C12H20N4O3S/c1-19-6-4-14-12-15-10(13)9(20-12)11(18)16-5-2-3-8(16)7-17/h8,17H,2-7,13H2,1H3,(H,14,15). The van der Waals surface area contributed by atoms with Gasteiger partial charge in [-0.3, -0.25) is 4.79 Å². The molecule has 8 heteroatoms. The molecule has 2 heterocycles. The largest absolute Gasteiger partial charge is 0.394 e. The average molecular weight is 300 g/mol. The number of anilines is 2. The topological polar surface area (TPSA) is 101 Å². The number of nitrogen functional groups attached to an aromatic ring is 1. The number of aliphatic hydroxyl groups is 1. The quantitative estimate of drug-likeness (QED) is 0.657. The first-order valence-corrected chi connectivity index (χ1v) is 7.40. The van der Waals surface area contributed by atoms with Gasteiger partial charge in [-0.15, -0.1) is 0 Å². The number of nitrogens with one attached hydrogen (secondary N) is 1. The normalized spacial score (nSPS) is 18.5. The number of likely N-dealkylation sites (tertiary alicyclic amines) is 1. The maximum absolute atomic E-state index is 12.4. The van der Waals surface area contributed by atoms with Gasteiger partial charge in [0.25, 0.3) is 5.91 Å². The van der Waals surface area contributed by atoms with Gasteiger partial charge >= 0.3 is 0 Å². The van der Waals surface area contributed by atoms with Crippen LogP contribution in [0.25, 0.3) is 0 Å². The first-order valence-electron chi connectivity index (χ1n) is 6.58. The molecular formula is C12H20N4O3S. The van der Waals surface area contributed by atoms with Gasteiger partial charge in [-0.2, -0.15) is 0 Å². The van der Waals surface area contributed by atoms with Gasteiger partial charge < -0.3 is 25.8 Å². The summed E-state index contributed by atoms with van der Waals surface area (Å²) in [5.41, 5.74) is 5.82. The van der Waals surface area contributed by atoms with E-state index < -0.39 is 0 Å². The predicted molar refractivity (Wildman–Crippen MR) is 78.0 cm³/mol. The van der Waals surface area contributed by atoms with Crippen molar-refractivity contribution in [2.45, 2.75) is 18.9 Å². The summed E-state index contributed by atoms with van der Waals surface area (Å²) in [4.78, 5) is 18.7. The van der Waals surface area contributed by atoms with Gasteiger partial charge in [-0.05, 0) is 12.8 Å². The van der Waals surface area contributed by atoms with E-state index in [0.29, 0.717) is 29.7 Å². The Bertz CT molecular complexity index is 466. The number of methoxy groups -OCH3 is 1. The fourth-order valence-corrected chi connectivity index (χ4v) is 3.11. The van der Waals surface area contributed by atoms with Gasteiger partial charge in [-0.1, -0.05) is 11.3 Å². The van der Waals surface area contributed by atoms with Crippen molar-refractivity contribution in [3.05, 3.63) is 4.88 Å². The third-order valence-electron chi connectivity index (χ3n) is 3.28. The number of thiazole rings is 1. The zero-order valence-electron chi connectivity index (χ0n) is 11.5. The van der Waals surface area contributed by atoms with E-state index in [9.17, 15) is 9.90 Å². The molecule has 20 heavy (non-hydrogen) atoms. The van der Waals surface area contributed by atoms with Crippen molar-refractivity contribution < 1.29 is 14.6 Å². The van der Waals surface area contributed by atoms with Crippen LogP contribution in [0.1, 0.15) is 22.5 Å². The molecule has 0 saturated carbocycles. The van der Waals surface area contributed by atoms with Gasteiger partial charge in [0.05, 0.1) is 19.3 Å². The fourth-order valence-electron chi connectivity index (χ4n) is 2.24. The summed E-state index contributed by atoms with van der Waals surface area (Å²) in [7, 11) is 1.62. The molecule has 1 unspecified atom stereocenters. The van der Waals surface area contributed by atoms with Crippen LogP contribution in [0.5, 0.6) is 0 Å². The number of carbonyl (C=O) groups excluding carboxylic acids is 1. The lowest BCUT2D eigenvalue weighted by Gasteiger charge is -2.22. The SMILES string of the molecule is COCCNc1nc(N)c(C(=O)N2CCCC2CO)s1. The zero-order chi connectivity index (χ0) is 14.5. The summed E-state index contributed by atoms with van der Waals surface area (Å²) in [6, 6.07) is -0.103. The number of ether oxygens (including phenoxy) is 1. The van der Waals surface area contributed by atoms with Crippen molar-refractivity contribution in [1.29, 1.82) is 0 Å². The average Bonchev–Trinajstić information content (AvgIpc) is 3.04. The molecule has 1 amide bonds. The van der Waals surface area contributed by atoms with Crippen molar-refractivity contribution in [3.8, 4) is 0 Å². The molecule has 4 N–H and O–H groups in total. The van der Waals surface area contributed by atoms with Crippen LogP contribution in [0.2, 0.25) is 0 Å². The van der Waals surface area contributed by atoms with Crippen molar-refractivity contribution in [2.75, 3.05) is 44.5 Å². The summed E-state index contributed by atoms with van der Waals surface area (Å²) in [5.74, 6) is 0.0971. The molecule has 0 radical (unpaired) electrons. The van der Waals surface area contributed by atoms with E-state index >= 15 is 0 Å². The zero-order valence-corrected chi connectivity index (χ0v) is 12.3. The van der Waals surface area contributed by atoms with Crippen LogP contribution in [0, 0.1) is 0 Å². The number of amides is 1. The predicted octanol–water partition coefficient (Wildman–Crippen LogP) is 0.381. The van der Waals surface area contributed by atoms with Gasteiger partial charge in [0, 0.05) is 20.2 Å². The number of nitrogens with zero attached hydrogens (tertiary/aromatic N) is 2. The maximum Gasteiger partial charge on any atom is 0.268 e. The van der Waals surface area contributed by atoms with E-state index in [0.717, 1.165) is 12.8 Å². The molecule has 1 aliphatic heterocycles. The van der Waals surface area contributed by atoms with Crippen molar-refractivity contribution in [1.82, 2.24) is 9.88 Å². The second kappa shape index (κ2) is 6.87. The van der Waals surface area contributed by atoms with Gasteiger partial charge in [0.1, 0.15) is 10.7 Å². The Balaban J connectivity index is 2.06. The Labute approximate surface area is 121 Å². The molecular weight excluding hydrogens is 280 g/mol. The second-order valence-electron chi connectivity index (χ2n) is 4.63. The van der Waals surface area contributed by atoms with Gasteiger partial charge in [0.15, 0.2) is 5.13 Å². The number of hydrogen-bond donors (Lipinski definition) is 3. The van der Waals surface area contributed by atoms with Crippen LogP contribution in [0.15, 0.2) is 0 Å². The lowest BCUT2D eigenvalue weighted by Crippen LogP contribution is -2.37. The highest BCUT2D eigenvalue weighted by atomic mass is 32.1. The molecule has 1 fully saturated rings. The molecule has 0 bridgehead atoms. The molecule has 1 atom stereocenters. The van der Waals surface area contributed by atoms with E-state index in [1.165, 1.54) is 11.3 Å². The van der Waals surface area contributed by atoms with Crippen molar-refractivity contribution >= 4 is 28.2 Å². The lowest BCUT2D eigenvalue weighted by atomic mass is 10.2. The van der Waals surface area contributed by atoms with E-state index in [1.807, 2.05) is 0 Å². The van der Waals surface area contributed by atoms with Gasteiger partial charge in [0.2, 0.25) is 0 Å². The molecule has 112 valence electrons. The summed E-state index contributed by atoms with van der Waals surface area (Å²) in [6.07, 6.45) is 1.74. The third-order valence-corrected chi connectivity index (χ3v) is 4.30. The number of nitrogens with two attached hydrogens (primary N) is 1. The first kappa shape index (κ1) is 15.0. The van der Waals surface area contributed by atoms with Crippen LogP contribution in [0.4, 0.5) is 10.9 Å². The van der Waals surface area contributed by atoms with Gasteiger partial charge in [-0.25, -0.2) is 4.98 Å². The summed E-state index contributed by atoms with van der Waals surface area (Å²) < 4.78 is 4.94. The van der Waals surface area contributed by atoms with E-state index in [2.05, 4.69) is 10.3 Å². The first-order chi connectivity index (χ1) is 9.67. The molecule has 0 spiro atoms. The van der Waals surface area contributed by atoms with E-state index in [4.69, 9.17) is 10.5 Å². The lowest BCUT2D eigenvalue weighted by molar-refractivity contribution is 0.0683. The molecule has 2 rings (SSSR count). The summed E-state index contributed by atoms with van der Waals surface area (Å²) in [5, 5.41) is 13.0. The highest BCUT2D eigenvalue weighted by Gasteiger charge is 2.31. The Hall–Kier alpha value is -1.38. The van der Waals surface area contributed by atoms with Crippen LogP contribution in [-0.4, -0.2) is 60.4 Å². The van der Waals surface area contributed by atoms with Crippen molar-refractivity contribution in [3.63, 3.8) is 0 Å². The highest BCUT2D eigenvalue weighted by Crippen LogP contribution is 2.29. The van der Waals surface area contributed by atoms with Crippen LogP contribution in [0.3, 0.4) is 0 Å². The van der Waals surface area contributed by atoms with Crippen LogP contribution >= 0.6 is 11.3 Å². The monoisotopic (exact) mass is 300 g/mol.